The SMILES string of the molecule is CCC[C@]12CCC=CC1c1c(cc(OCC)c(Cl)c1Cl)C2. The molecule has 0 saturated heterocycles. The van der Waals surface area contributed by atoms with Gasteiger partial charge in [-0.25, -0.2) is 0 Å². The molecule has 3 rings (SSSR count). The van der Waals surface area contributed by atoms with E-state index in [0.717, 1.165) is 12.2 Å². The molecule has 0 saturated carbocycles. The number of halogens is 2. The van der Waals surface area contributed by atoms with Gasteiger partial charge in [0.2, 0.25) is 0 Å². The van der Waals surface area contributed by atoms with E-state index in [4.69, 9.17) is 27.9 Å². The van der Waals surface area contributed by atoms with Gasteiger partial charge in [-0.2, -0.15) is 0 Å². The van der Waals surface area contributed by atoms with Crippen LogP contribution in [0, 0.1) is 5.41 Å². The van der Waals surface area contributed by atoms with Crippen LogP contribution in [0.3, 0.4) is 0 Å². The predicted molar refractivity (Wildman–Crippen MR) is 89.8 cm³/mol. The molecular formula is C18H22Cl2O. The van der Waals surface area contributed by atoms with E-state index in [9.17, 15) is 0 Å². The van der Waals surface area contributed by atoms with Crippen molar-refractivity contribution in [2.45, 2.75) is 51.9 Å². The van der Waals surface area contributed by atoms with E-state index in [1.54, 1.807) is 0 Å². The lowest BCUT2D eigenvalue weighted by molar-refractivity contribution is 0.219. The molecule has 1 nitrogen and oxygen atoms in total. The Kier molecular flexibility index (Phi) is 4.25. The summed E-state index contributed by atoms with van der Waals surface area (Å²) in [7, 11) is 0. The highest BCUT2D eigenvalue weighted by Gasteiger charge is 2.46. The normalized spacial score (nSPS) is 26.6. The molecule has 2 atom stereocenters. The van der Waals surface area contributed by atoms with Gasteiger partial charge in [0.25, 0.3) is 0 Å². The molecule has 1 aromatic rings. The summed E-state index contributed by atoms with van der Waals surface area (Å²) in [4.78, 5) is 0. The van der Waals surface area contributed by atoms with Gasteiger partial charge in [0.1, 0.15) is 10.8 Å². The molecule has 1 aromatic carbocycles. The lowest BCUT2D eigenvalue weighted by Crippen LogP contribution is -2.27. The van der Waals surface area contributed by atoms with Crippen molar-refractivity contribution in [1.82, 2.24) is 0 Å². The van der Waals surface area contributed by atoms with Gasteiger partial charge in [-0.15, -0.1) is 0 Å². The fourth-order valence-corrected chi connectivity index (χ4v) is 4.76. The van der Waals surface area contributed by atoms with Gasteiger partial charge in [-0.05, 0) is 55.2 Å². The topological polar surface area (TPSA) is 9.23 Å². The van der Waals surface area contributed by atoms with Crippen LogP contribution < -0.4 is 4.74 Å². The second-order valence-corrected chi connectivity index (χ2v) is 7.00. The number of benzene rings is 1. The Morgan fingerprint density at radius 2 is 2.10 bits per heavy atom. The van der Waals surface area contributed by atoms with Crippen LogP contribution >= 0.6 is 23.2 Å². The third-order valence-electron chi connectivity index (χ3n) is 5.00. The van der Waals surface area contributed by atoms with Crippen LogP contribution in [0.15, 0.2) is 18.2 Å². The predicted octanol–water partition coefficient (Wildman–Crippen LogP) is 6.17. The third-order valence-corrected chi connectivity index (χ3v) is 5.86. The Balaban J connectivity index is 2.11. The second kappa shape index (κ2) is 5.85. The monoisotopic (exact) mass is 324 g/mol. The molecule has 114 valence electrons. The van der Waals surface area contributed by atoms with E-state index < -0.39 is 0 Å². The van der Waals surface area contributed by atoms with Crippen LogP contribution in [0.4, 0.5) is 0 Å². The van der Waals surface area contributed by atoms with E-state index in [-0.39, 0.29) is 0 Å². The Bertz CT molecular complexity index is 579. The van der Waals surface area contributed by atoms with Crippen molar-refractivity contribution in [1.29, 1.82) is 0 Å². The molecule has 3 heteroatoms. The zero-order chi connectivity index (χ0) is 15.0. The van der Waals surface area contributed by atoms with Crippen LogP contribution in [0.25, 0.3) is 0 Å². The summed E-state index contributed by atoms with van der Waals surface area (Å²) in [5, 5.41) is 1.27. The molecule has 0 N–H and O–H groups in total. The summed E-state index contributed by atoms with van der Waals surface area (Å²) in [5.41, 5.74) is 2.91. The zero-order valence-electron chi connectivity index (χ0n) is 12.7. The number of allylic oxidation sites excluding steroid dienone is 2. The highest BCUT2D eigenvalue weighted by molar-refractivity contribution is 6.43. The first-order chi connectivity index (χ1) is 10.1. The Morgan fingerprint density at radius 1 is 1.29 bits per heavy atom. The fraction of sp³-hybridized carbons (Fsp3) is 0.556. The van der Waals surface area contributed by atoms with Crippen molar-refractivity contribution in [3.8, 4) is 5.75 Å². The van der Waals surface area contributed by atoms with Crippen LogP contribution in [-0.2, 0) is 6.42 Å². The molecule has 0 aliphatic heterocycles. The molecule has 0 amide bonds. The molecule has 21 heavy (non-hydrogen) atoms. The van der Waals surface area contributed by atoms with Crippen molar-refractivity contribution in [2.24, 2.45) is 5.41 Å². The van der Waals surface area contributed by atoms with Gasteiger partial charge in [0, 0.05) is 5.92 Å². The first kappa shape index (κ1) is 15.2. The number of hydrogen-bond donors (Lipinski definition) is 0. The smallest absolute Gasteiger partial charge is 0.139 e. The van der Waals surface area contributed by atoms with E-state index in [1.807, 2.05) is 6.92 Å². The average molecular weight is 325 g/mol. The summed E-state index contributed by atoms with van der Waals surface area (Å²) in [5.74, 6) is 1.15. The molecular weight excluding hydrogens is 303 g/mol. The highest BCUT2D eigenvalue weighted by atomic mass is 35.5. The molecule has 0 heterocycles. The summed E-state index contributed by atoms with van der Waals surface area (Å²) in [6.45, 7) is 4.85. The van der Waals surface area contributed by atoms with E-state index in [2.05, 4.69) is 25.1 Å². The first-order valence-corrected chi connectivity index (χ1v) is 8.68. The third kappa shape index (κ3) is 2.39. The van der Waals surface area contributed by atoms with Crippen molar-refractivity contribution in [3.63, 3.8) is 0 Å². The minimum atomic E-state index is 0.337. The number of hydrogen-bond acceptors (Lipinski definition) is 1. The molecule has 1 unspecified atom stereocenters. The number of rotatable bonds is 4. The Labute approximate surface area is 137 Å². The van der Waals surface area contributed by atoms with E-state index in [1.165, 1.54) is 36.8 Å². The number of ether oxygens (including phenoxy) is 1. The van der Waals surface area contributed by atoms with Crippen LogP contribution in [0.2, 0.25) is 10.0 Å². The van der Waals surface area contributed by atoms with Gasteiger partial charge in [0.05, 0.1) is 11.6 Å². The summed E-state index contributed by atoms with van der Waals surface area (Å²) >= 11 is 13.0. The van der Waals surface area contributed by atoms with Crippen LogP contribution in [0.1, 0.15) is 56.6 Å². The quantitative estimate of drug-likeness (QED) is 0.602. The van der Waals surface area contributed by atoms with Crippen molar-refractivity contribution >= 4 is 23.2 Å². The minimum absolute atomic E-state index is 0.337. The Hall–Kier alpha value is -0.660. The maximum Gasteiger partial charge on any atom is 0.139 e. The van der Waals surface area contributed by atoms with Gasteiger partial charge in [-0.1, -0.05) is 48.7 Å². The first-order valence-electron chi connectivity index (χ1n) is 7.93. The highest BCUT2D eigenvalue weighted by Crippen LogP contribution is 2.59. The summed E-state index contributed by atoms with van der Waals surface area (Å²) < 4.78 is 5.65. The molecule has 0 spiro atoms. The summed E-state index contributed by atoms with van der Waals surface area (Å²) in [6, 6.07) is 2.12. The second-order valence-electron chi connectivity index (χ2n) is 6.24. The van der Waals surface area contributed by atoms with Crippen molar-refractivity contribution in [3.05, 3.63) is 39.4 Å². The maximum atomic E-state index is 6.62. The number of fused-ring (bicyclic) bond motifs is 3. The molecule has 0 bridgehead atoms. The van der Waals surface area contributed by atoms with Gasteiger partial charge in [0.15, 0.2) is 0 Å². The molecule has 0 aromatic heterocycles. The standard InChI is InChI=1S/C18H22Cl2O/c1-3-8-18-9-6-5-7-13(18)15-12(11-18)10-14(21-4-2)16(19)17(15)20/h5,7,10,13H,3-4,6,8-9,11H2,1-2H3/t13?,18-/m1/s1. The van der Waals surface area contributed by atoms with Gasteiger partial charge >= 0.3 is 0 Å². The molecule has 2 aliphatic rings. The van der Waals surface area contributed by atoms with Crippen molar-refractivity contribution in [2.75, 3.05) is 6.61 Å². The fourth-order valence-electron chi connectivity index (χ4n) is 4.22. The van der Waals surface area contributed by atoms with Gasteiger partial charge in [-0.3, -0.25) is 0 Å². The molecule has 0 radical (unpaired) electrons. The van der Waals surface area contributed by atoms with E-state index in [0.29, 0.717) is 28.0 Å². The largest absolute Gasteiger partial charge is 0.492 e. The lowest BCUT2D eigenvalue weighted by Gasteiger charge is -2.37. The van der Waals surface area contributed by atoms with Crippen LogP contribution in [0.5, 0.6) is 5.75 Å². The molecule has 2 aliphatic carbocycles. The maximum absolute atomic E-state index is 6.62. The zero-order valence-corrected chi connectivity index (χ0v) is 14.2. The van der Waals surface area contributed by atoms with E-state index >= 15 is 0 Å². The minimum Gasteiger partial charge on any atom is -0.492 e. The Morgan fingerprint density at radius 3 is 2.81 bits per heavy atom. The lowest BCUT2D eigenvalue weighted by atomic mass is 9.67. The average Bonchev–Trinajstić information content (AvgIpc) is 2.79. The van der Waals surface area contributed by atoms with Crippen LogP contribution in [-0.4, -0.2) is 6.61 Å². The molecule has 0 fully saturated rings. The van der Waals surface area contributed by atoms with Crippen molar-refractivity contribution < 1.29 is 4.74 Å². The van der Waals surface area contributed by atoms with Gasteiger partial charge < -0.3 is 4.74 Å². The summed E-state index contributed by atoms with van der Waals surface area (Å²) in [6.07, 6.45) is 10.6.